The number of aromatic amines is 2. The quantitative estimate of drug-likeness (QED) is 0.135. The number of benzene rings is 2. The number of hydrogen-bond donors (Lipinski definition) is 3. The van der Waals surface area contributed by atoms with E-state index >= 15 is 0 Å². The molecule has 2 aromatic heterocycles. The first-order chi connectivity index (χ1) is 23.3. The Morgan fingerprint density at radius 2 is 1.71 bits per heavy atom. The predicted octanol–water partition coefficient (Wildman–Crippen LogP) is 7.71. The molecule has 2 fully saturated rings. The van der Waals surface area contributed by atoms with Crippen molar-refractivity contribution in [3.63, 3.8) is 0 Å². The lowest BCUT2D eigenvalue weighted by Gasteiger charge is -2.39. The number of imidazole rings is 2. The van der Waals surface area contributed by atoms with Gasteiger partial charge in [0.15, 0.2) is 0 Å². The van der Waals surface area contributed by atoms with Crippen molar-refractivity contribution < 1.29 is 19.1 Å². The molecule has 2 aliphatic rings. The molecular weight excluding hydrogens is 637 g/mol. The van der Waals surface area contributed by atoms with E-state index in [1.54, 1.807) is 4.90 Å². The van der Waals surface area contributed by atoms with Crippen LogP contribution in [0.4, 0.5) is 9.59 Å². The van der Waals surface area contributed by atoms with Crippen LogP contribution in [0.25, 0.3) is 22.3 Å². The van der Waals surface area contributed by atoms with E-state index in [4.69, 9.17) is 14.5 Å². The minimum atomic E-state index is -0.539. The number of rotatable bonds is 7. The molecule has 3 N–H and O–H groups in total. The van der Waals surface area contributed by atoms with Gasteiger partial charge in [-0.2, -0.15) is 11.8 Å². The number of hydrogen-bond acceptors (Lipinski definition) is 7. The van der Waals surface area contributed by atoms with Crippen LogP contribution in [0.15, 0.2) is 48.7 Å². The Hall–Kier alpha value is -4.43. The third kappa shape index (κ3) is 8.42. The fourth-order valence-corrected chi connectivity index (χ4v) is 7.40. The first-order valence-corrected chi connectivity index (χ1v) is 18.1. The van der Waals surface area contributed by atoms with Gasteiger partial charge in [0.05, 0.1) is 29.0 Å². The van der Waals surface area contributed by atoms with E-state index in [0.717, 1.165) is 82.3 Å². The van der Waals surface area contributed by atoms with Crippen LogP contribution in [0.5, 0.6) is 0 Å². The lowest BCUT2D eigenvalue weighted by Crippen LogP contribution is -2.42. The highest BCUT2D eigenvalue weighted by Crippen LogP contribution is 2.43. The third-order valence-corrected chi connectivity index (χ3v) is 10.1. The van der Waals surface area contributed by atoms with Crippen molar-refractivity contribution in [3.8, 4) is 23.1 Å². The summed E-state index contributed by atoms with van der Waals surface area (Å²) in [4.78, 5) is 43.2. The van der Waals surface area contributed by atoms with Gasteiger partial charge in [-0.3, -0.25) is 4.90 Å². The Morgan fingerprint density at radius 3 is 2.41 bits per heavy atom. The minimum Gasteiger partial charge on any atom is -0.444 e. The summed E-state index contributed by atoms with van der Waals surface area (Å²) < 4.78 is 11.0. The number of carbonyl (C=O) groups is 2. The molecule has 6 rings (SSSR count). The maximum atomic E-state index is 12.8. The number of amides is 2. The zero-order valence-corrected chi connectivity index (χ0v) is 30.1. The number of nitrogens with one attached hydrogen (secondary N) is 3. The first kappa shape index (κ1) is 34.4. The number of alkyl carbamates (subject to hydrolysis) is 1. The lowest BCUT2D eigenvalue weighted by molar-refractivity contribution is 0.0218. The zero-order valence-electron chi connectivity index (χ0n) is 29.2. The van der Waals surface area contributed by atoms with Crippen molar-refractivity contribution in [2.75, 3.05) is 24.6 Å². The Morgan fingerprint density at radius 1 is 1.00 bits per heavy atom. The molecule has 0 spiro atoms. The van der Waals surface area contributed by atoms with Crippen LogP contribution in [0.3, 0.4) is 0 Å². The second-order valence-corrected chi connectivity index (χ2v) is 15.9. The first-order valence-electron chi connectivity index (χ1n) is 17.0. The number of fused-ring (bicyclic) bond motifs is 1. The SMILES string of the molecule is CC(C)(C)OC(=O)NCCCC1(c2nc3ccc(C#Cc4ccc(-c5cnc([C@@H]6CCCN6C(=O)OC(C)(C)C)[nH]5)cc4)cc3[nH]2)CSC1. The number of thioether (sulfide) groups is 1. The summed E-state index contributed by atoms with van der Waals surface area (Å²) in [6.07, 6.45) is 4.69. The van der Waals surface area contributed by atoms with Gasteiger partial charge in [0, 0.05) is 41.1 Å². The maximum Gasteiger partial charge on any atom is 0.410 e. The number of H-pyrrole nitrogens is 2. The fraction of sp³-hybridized carbons (Fsp3) is 0.474. The van der Waals surface area contributed by atoms with Crippen molar-refractivity contribution in [3.05, 3.63) is 71.4 Å². The number of carbonyl (C=O) groups excluding carboxylic acids is 2. The Labute approximate surface area is 292 Å². The summed E-state index contributed by atoms with van der Waals surface area (Å²) in [7, 11) is 0. The van der Waals surface area contributed by atoms with Gasteiger partial charge in [-0.15, -0.1) is 0 Å². The average molecular weight is 683 g/mol. The van der Waals surface area contributed by atoms with Gasteiger partial charge < -0.3 is 24.8 Å². The van der Waals surface area contributed by atoms with E-state index < -0.39 is 11.2 Å². The van der Waals surface area contributed by atoms with E-state index in [2.05, 4.69) is 38.2 Å². The molecule has 4 heterocycles. The largest absolute Gasteiger partial charge is 0.444 e. The lowest BCUT2D eigenvalue weighted by atomic mass is 9.85. The number of likely N-dealkylation sites (tertiary alicyclic amines) is 1. The Bertz CT molecular complexity index is 1870. The van der Waals surface area contributed by atoms with Crippen molar-refractivity contribution in [2.45, 2.75) is 89.9 Å². The molecule has 0 aliphatic carbocycles. The molecule has 2 aromatic carbocycles. The summed E-state index contributed by atoms with van der Waals surface area (Å²) in [5, 5.41) is 2.87. The van der Waals surface area contributed by atoms with Gasteiger partial charge in [-0.25, -0.2) is 19.6 Å². The Balaban J connectivity index is 1.07. The third-order valence-electron chi connectivity index (χ3n) is 8.58. The minimum absolute atomic E-state index is 0.0170. The predicted molar refractivity (Wildman–Crippen MR) is 193 cm³/mol. The summed E-state index contributed by atoms with van der Waals surface area (Å²) in [6.45, 7) is 12.5. The van der Waals surface area contributed by atoms with Gasteiger partial charge in [0.25, 0.3) is 0 Å². The molecule has 49 heavy (non-hydrogen) atoms. The summed E-state index contributed by atoms with van der Waals surface area (Å²) in [5.41, 5.74) is 4.56. The molecule has 0 radical (unpaired) electrons. The summed E-state index contributed by atoms with van der Waals surface area (Å²) in [5.74, 6) is 10.4. The highest BCUT2D eigenvalue weighted by molar-refractivity contribution is 8.00. The van der Waals surface area contributed by atoms with Crippen molar-refractivity contribution >= 4 is 35.0 Å². The van der Waals surface area contributed by atoms with Crippen LogP contribution < -0.4 is 5.32 Å². The molecule has 2 saturated heterocycles. The number of nitrogens with zero attached hydrogens (tertiary/aromatic N) is 3. The Kier molecular flexibility index (Phi) is 9.72. The second-order valence-electron chi connectivity index (χ2n) is 15.0. The van der Waals surface area contributed by atoms with E-state index in [1.807, 2.05) is 95.9 Å². The summed E-state index contributed by atoms with van der Waals surface area (Å²) in [6, 6.07) is 14.1. The van der Waals surface area contributed by atoms with Crippen molar-refractivity contribution in [1.82, 2.24) is 30.2 Å². The molecular formula is C38H46N6O4S. The second kappa shape index (κ2) is 13.8. The maximum absolute atomic E-state index is 12.8. The van der Waals surface area contributed by atoms with E-state index in [-0.39, 0.29) is 23.6 Å². The number of aromatic nitrogens is 4. The molecule has 1 atom stereocenters. The van der Waals surface area contributed by atoms with Crippen LogP contribution in [-0.4, -0.2) is 72.8 Å². The molecule has 258 valence electrons. The van der Waals surface area contributed by atoms with E-state index in [0.29, 0.717) is 13.1 Å². The van der Waals surface area contributed by atoms with Gasteiger partial charge >= 0.3 is 12.2 Å². The van der Waals surface area contributed by atoms with E-state index in [9.17, 15) is 9.59 Å². The van der Waals surface area contributed by atoms with Crippen LogP contribution in [0.1, 0.15) is 96.0 Å². The van der Waals surface area contributed by atoms with Crippen LogP contribution in [0, 0.1) is 11.8 Å². The van der Waals surface area contributed by atoms with E-state index in [1.165, 1.54) is 0 Å². The fourth-order valence-electron chi connectivity index (χ4n) is 6.14. The normalized spacial score (nSPS) is 17.3. The van der Waals surface area contributed by atoms with Crippen LogP contribution >= 0.6 is 11.8 Å². The van der Waals surface area contributed by atoms with Crippen molar-refractivity contribution in [1.29, 1.82) is 0 Å². The molecule has 0 saturated carbocycles. The van der Waals surface area contributed by atoms with Gasteiger partial charge in [0.2, 0.25) is 0 Å². The highest BCUT2D eigenvalue weighted by atomic mass is 32.2. The standard InChI is InChI=1S/C38H46N6O4S/c1-36(2,3)47-34(45)39-19-8-18-38(23-49-24-38)33-42-28-17-14-26(21-29(28)43-33)11-10-25-12-15-27(16-13-25)30-22-40-32(41-30)31-9-7-20-44(31)35(46)48-37(4,5)6/h12-17,21-22,31H,7-9,18-20,23-24H2,1-6H3,(H,39,45)(H,40,41)(H,42,43)/t31-/m0/s1. The topological polar surface area (TPSA) is 125 Å². The molecule has 10 nitrogen and oxygen atoms in total. The molecule has 11 heteroatoms. The average Bonchev–Trinajstić information content (AvgIpc) is 3.77. The molecule has 4 aromatic rings. The molecule has 0 bridgehead atoms. The molecule has 2 aliphatic heterocycles. The highest BCUT2D eigenvalue weighted by Gasteiger charge is 2.42. The number of ether oxygens (including phenoxy) is 2. The van der Waals surface area contributed by atoms with Gasteiger partial charge in [-0.1, -0.05) is 24.0 Å². The van der Waals surface area contributed by atoms with Gasteiger partial charge in [-0.05, 0) is 103 Å². The summed E-state index contributed by atoms with van der Waals surface area (Å²) >= 11 is 1.92. The van der Waals surface area contributed by atoms with Crippen LogP contribution in [-0.2, 0) is 14.9 Å². The van der Waals surface area contributed by atoms with Crippen LogP contribution in [0.2, 0.25) is 0 Å². The smallest absolute Gasteiger partial charge is 0.410 e. The van der Waals surface area contributed by atoms with Crippen molar-refractivity contribution in [2.24, 2.45) is 0 Å². The van der Waals surface area contributed by atoms with Gasteiger partial charge in [0.1, 0.15) is 22.9 Å². The molecule has 2 amide bonds. The molecule has 0 unspecified atom stereocenters. The zero-order chi connectivity index (χ0) is 34.8. The monoisotopic (exact) mass is 682 g/mol.